The molecule has 3 aromatic rings. The van der Waals surface area contributed by atoms with Crippen molar-refractivity contribution >= 4 is 16.6 Å². The number of para-hydroxylation sites is 2. The van der Waals surface area contributed by atoms with Crippen LogP contribution in [0.4, 0.5) is 0 Å². The molecule has 1 heterocycles. The summed E-state index contributed by atoms with van der Waals surface area (Å²) in [5, 5.41) is 0. The van der Waals surface area contributed by atoms with E-state index in [1.54, 1.807) is 7.11 Å². The predicted octanol–water partition coefficient (Wildman–Crippen LogP) is 6.37. The van der Waals surface area contributed by atoms with Gasteiger partial charge in [-0.3, -0.25) is 0 Å². The first kappa shape index (κ1) is 19.5. The molecule has 135 valence electrons. The molecule has 1 saturated heterocycles. The van der Waals surface area contributed by atoms with Crippen LogP contribution in [0, 0.1) is 0 Å². The molecular formula is C23H23BO2P. The van der Waals surface area contributed by atoms with Crippen LogP contribution in [-0.4, -0.2) is 15.5 Å². The predicted molar refractivity (Wildman–Crippen MR) is 114 cm³/mol. The molecule has 0 bridgehead atoms. The highest BCUT2D eigenvalue weighted by atomic mass is 31.1. The van der Waals surface area contributed by atoms with Gasteiger partial charge in [0.2, 0.25) is 0 Å². The summed E-state index contributed by atoms with van der Waals surface area (Å²) in [5.74, 6) is 1.66. The first-order valence-corrected chi connectivity index (χ1v) is 10.5. The van der Waals surface area contributed by atoms with Crippen LogP contribution < -0.4 is 9.26 Å². The number of rotatable bonds is 5. The van der Waals surface area contributed by atoms with Crippen LogP contribution in [0.15, 0.2) is 84.9 Å². The van der Waals surface area contributed by atoms with Crippen LogP contribution in [0.1, 0.15) is 35.3 Å². The van der Waals surface area contributed by atoms with Crippen molar-refractivity contribution in [1.82, 2.24) is 0 Å². The summed E-state index contributed by atoms with van der Waals surface area (Å²) in [6, 6.07) is 29.6. The highest BCUT2D eigenvalue weighted by Crippen LogP contribution is 2.70. The standard InChI is InChI=1S/C23H23O2P.B/c1-24-20-14-8-9-15-21(20)25-26-22(18-10-4-2-5-11-18)16-17-23(26)19-12-6-3-7-13-19;/h2-15,22-23H,16-17H2,1H3;/t22-,23-;/m0./s1. The third-order valence-corrected chi connectivity index (χ3v) is 7.72. The Hall–Kier alpha value is -2.25. The topological polar surface area (TPSA) is 18.5 Å². The van der Waals surface area contributed by atoms with Crippen LogP contribution in [0.5, 0.6) is 11.5 Å². The van der Waals surface area contributed by atoms with Gasteiger partial charge in [-0.2, -0.15) is 0 Å². The normalized spacial score (nSPS) is 19.3. The van der Waals surface area contributed by atoms with Gasteiger partial charge in [-0.25, -0.2) is 0 Å². The lowest BCUT2D eigenvalue weighted by Gasteiger charge is -2.27. The first-order chi connectivity index (χ1) is 12.9. The summed E-state index contributed by atoms with van der Waals surface area (Å²) in [7, 11) is 0.999. The molecule has 2 atom stereocenters. The van der Waals surface area contributed by atoms with Crippen molar-refractivity contribution in [3.63, 3.8) is 0 Å². The third kappa shape index (κ3) is 4.20. The van der Waals surface area contributed by atoms with Crippen molar-refractivity contribution in [3.8, 4) is 11.5 Å². The van der Waals surface area contributed by atoms with E-state index < -0.39 is 8.15 Å². The Morgan fingerprint density at radius 2 is 1.11 bits per heavy atom. The van der Waals surface area contributed by atoms with Crippen LogP contribution in [-0.2, 0) is 0 Å². The Morgan fingerprint density at radius 3 is 1.59 bits per heavy atom. The molecule has 0 aliphatic carbocycles. The first-order valence-electron chi connectivity index (χ1n) is 9.06. The average Bonchev–Trinajstić information content (AvgIpc) is 3.13. The van der Waals surface area contributed by atoms with Gasteiger partial charge in [-0.15, -0.1) is 0 Å². The lowest BCUT2D eigenvalue weighted by molar-refractivity contribution is 0.397. The summed E-state index contributed by atoms with van der Waals surface area (Å²) in [6.07, 6.45) is 2.31. The number of methoxy groups -OCH3 is 1. The van der Waals surface area contributed by atoms with Crippen LogP contribution >= 0.6 is 8.15 Å². The van der Waals surface area contributed by atoms with E-state index in [9.17, 15) is 0 Å². The largest absolute Gasteiger partial charge is 0.493 e. The van der Waals surface area contributed by atoms with Crippen LogP contribution in [0.2, 0.25) is 0 Å². The van der Waals surface area contributed by atoms with Gasteiger partial charge in [0.15, 0.2) is 11.5 Å². The van der Waals surface area contributed by atoms with Gasteiger partial charge in [0.05, 0.1) is 7.11 Å². The Kier molecular flexibility index (Phi) is 6.58. The molecule has 2 nitrogen and oxygen atoms in total. The fourth-order valence-corrected chi connectivity index (χ4v) is 6.51. The van der Waals surface area contributed by atoms with E-state index in [4.69, 9.17) is 9.26 Å². The summed E-state index contributed by atoms with van der Waals surface area (Å²) in [4.78, 5) is 0. The van der Waals surface area contributed by atoms with E-state index in [2.05, 4.69) is 60.7 Å². The highest BCUT2D eigenvalue weighted by Gasteiger charge is 2.40. The van der Waals surface area contributed by atoms with E-state index in [0.29, 0.717) is 11.3 Å². The minimum Gasteiger partial charge on any atom is -0.493 e. The van der Waals surface area contributed by atoms with Crippen LogP contribution in [0.3, 0.4) is 0 Å². The van der Waals surface area contributed by atoms with Gasteiger partial charge in [0, 0.05) is 19.7 Å². The second kappa shape index (κ2) is 9.10. The summed E-state index contributed by atoms with van der Waals surface area (Å²) >= 11 is 0. The second-order valence-corrected chi connectivity index (χ2v) is 8.68. The maximum atomic E-state index is 6.67. The zero-order chi connectivity index (χ0) is 17.8. The molecule has 0 aromatic heterocycles. The summed E-state index contributed by atoms with van der Waals surface area (Å²) in [6.45, 7) is 0. The smallest absolute Gasteiger partial charge is 0.165 e. The average molecular weight is 373 g/mol. The molecule has 1 fully saturated rings. The van der Waals surface area contributed by atoms with Gasteiger partial charge in [0.25, 0.3) is 0 Å². The molecule has 4 heteroatoms. The molecule has 0 N–H and O–H groups in total. The van der Waals surface area contributed by atoms with E-state index >= 15 is 0 Å². The molecule has 0 spiro atoms. The zero-order valence-electron chi connectivity index (χ0n) is 15.5. The SMILES string of the molecule is COc1ccccc1OP1[C@H](c2ccccc2)CC[C@H]1c1ccccc1.[B]. The van der Waals surface area contributed by atoms with Gasteiger partial charge in [-0.05, 0) is 36.1 Å². The highest BCUT2D eigenvalue weighted by molar-refractivity contribution is 7.54. The van der Waals surface area contributed by atoms with Crippen molar-refractivity contribution in [3.05, 3.63) is 96.1 Å². The fraction of sp³-hybridized carbons (Fsp3) is 0.217. The molecule has 3 aromatic carbocycles. The van der Waals surface area contributed by atoms with Gasteiger partial charge < -0.3 is 9.26 Å². The van der Waals surface area contributed by atoms with E-state index in [0.717, 1.165) is 24.3 Å². The Balaban J connectivity index is 0.00000210. The Morgan fingerprint density at radius 1 is 0.667 bits per heavy atom. The summed E-state index contributed by atoms with van der Waals surface area (Å²) < 4.78 is 12.2. The third-order valence-electron chi connectivity index (χ3n) is 4.97. The second-order valence-electron chi connectivity index (χ2n) is 6.53. The van der Waals surface area contributed by atoms with E-state index in [1.807, 2.05) is 24.3 Å². The minimum atomic E-state index is -0.703. The zero-order valence-corrected chi connectivity index (χ0v) is 16.4. The number of benzene rings is 3. The van der Waals surface area contributed by atoms with Crippen molar-refractivity contribution in [1.29, 1.82) is 0 Å². The lowest BCUT2D eigenvalue weighted by Crippen LogP contribution is -2.01. The molecular weight excluding hydrogens is 350 g/mol. The molecule has 4 rings (SSSR count). The van der Waals surface area contributed by atoms with Crippen molar-refractivity contribution in [2.24, 2.45) is 0 Å². The number of hydrogen-bond donors (Lipinski definition) is 0. The number of hydrogen-bond acceptors (Lipinski definition) is 2. The Labute approximate surface area is 165 Å². The van der Waals surface area contributed by atoms with Gasteiger partial charge in [-0.1, -0.05) is 72.8 Å². The van der Waals surface area contributed by atoms with Crippen molar-refractivity contribution in [2.45, 2.75) is 24.2 Å². The minimum absolute atomic E-state index is 0. The van der Waals surface area contributed by atoms with Crippen molar-refractivity contribution < 1.29 is 9.26 Å². The lowest BCUT2D eigenvalue weighted by atomic mass is 10.0. The van der Waals surface area contributed by atoms with E-state index in [1.165, 1.54) is 11.1 Å². The molecule has 27 heavy (non-hydrogen) atoms. The molecule has 1 aliphatic rings. The van der Waals surface area contributed by atoms with Crippen LogP contribution in [0.25, 0.3) is 0 Å². The summed E-state index contributed by atoms with van der Waals surface area (Å²) in [5.41, 5.74) is 3.65. The molecule has 3 radical (unpaired) electrons. The molecule has 1 aliphatic heterocycles. The molecule has 0 saturated carbocycles. The quantitative estimate of drug-likeness (QED) is 0.382. The van der Waals surface area contributed by atoms with Gasteiger partial charge >= 0.3 is 0 Å². The number of ether oxygens (including phenoxy) is 1. The monoisotopic (exact) mass is 373 g/mol. The molecule has 0 unspecified atom stereocenters. The van der Waals surface area contributed by atoms with E-state index in [-0.39, 0.29) is 8.41 Å². The fourth-order valence-electron chi connectivity index (χ4n) is 3.70. The molecule has 0 amide bonds. The van der Waals surface area contributed by atoms with Gasteiger partial charge in [0.1, 0.15) is 8.15 Å². The van der Waals surface area contributed by atoms with Crippen molar-refractivity contribution in [2.75, 3.05) is 7.11 Å². The Bertz CT molecular complexity index is 794. The maximum absolute atomic E-state index is 6.67. The maximum Gasteiger partial charge on any atom is 0.165 e.